The normalized spacial score (nSPS) is 23.0. The summed E-state index contributed by atoms with van der Waals surface area (Å²) in [5, 5.41) is 5.25. The van der Waals surface area contributed by atoms with Gasteiger partial charge in [0.15, 0.2) is 0 Å². The summed E-state index contributed by atoms with van der Waals surface area (Å²) >= 11 is 0. The standard InChI is InChI=1S/C17H23F2N5O2/c18-17(19)8-13(23-10-17)16(26)22-9-12-2-1-5-21-15(12)24-6-3-11(4-7-24)14(20)25/h1-2,5,11,13,23H,3-4,6-10H2,(H2,20,25)(H,22,26). The van der Waals surface area contributed by atoms with E-state index in [4.69, 9.17) is 5.73 Å². The number of hydrogen-bond donors (Lipinski definition) is 3. The van der Waals surface area contributed by atoms with Gasteiger partial charge in [0.25, 0.3) is 5.92 Å². The molecule has 0 aromatic carbocycles. The molecular weight excluding hydrogens is 344 g/mol. The van der Waals surface area contributed by atoms with Crippen LogP contribution < -0.4 is 21.3 Å². The number of pyridine rings is 1. The van der Waals surface area contributed by atoms with Gasteiger partial charge < -0.3 is 16.0 Å². The zero-order chi connectivity index (χ0) is 18.7. The van der Waals surface area contributed by atoms with Crippen molar-refractivity contribution >= 4 is 17.6 Å². The van der Waals surface area contributed by atoms with Gasteiger partial charge in [0.1, 0.15) is 5.82 Å². The molecule has 0 saturated carbocycles. The molecule has 4 N–H and O–H groups in total. The number of carbonyl (C=O) groups is 2. The number of aromatic nitrogens is 1. The van der Waals surface area contributed by atoms with Crippen LogP contribution in [-0.2, 0) is 16.1 Å². The highest BCUT2D eigenvalue weighted by Gasteiger charge is 2.42. The van der Waals surface area contributed by atoms with E-state index in [2.05, 4.69) is 20.5 Å². The lowest BCUT2D eigenvalue weighted by atomic mass is 9.96. The van der Waals surface area contributed by atoms with Crippen molar-refractivity contribution in [3.63, 3.8) is 0 Å². The molecule has 2 aliphatic heterocycles. The maximum Gasteiger partial charge on any atom is 0.262 e. The Morgan fingerprint density at radius 2 is 2.12 bits per heavy atom. The minimum absolute atomic E-state index is 0.117. The summed E-state index contributed by atoms with van der Waals surface area (Å²) in [6.07, 6.45) is 2.51. The van der Waals surface area contributed by atoms with Crippen LogP contribution in [0.15, 0.2) is 18.3 Å². The van der Waals surface area contributed by atoms with Crippen LogP contribution in [0.5, 0.6) is 0 Å². The van der Waals surface area contributed by atoms with Gasteiger partial charge in [-0.25, -0.2) is 13.8 Å². The first kappa shape index (κ1) is 18.5. The molecule has 9 heteroatoms. The van der Waals surface area contributed by atoms with Crippen molar-refractivity contribution < 1.29 is 18.4 Å². The van der Waals surface area contributed by atoms with Crippen molar-refractivity contribution in [2.75, 3.05) is 24.5 Å². The van der Waals surface area contributed by atoms with E-state index in [0.29, 0.717) is 25.9 Å². The third kappa shape index (κ3) is 4.27. The van der Waals surface area contributed by atoms with Crippen molar-refractivity contribution in [1.82, 2.24) is 15.6 Å². The Hall–Kier alpha value is -2.29. The molecule has 0 radical (unpaired) electrons. The molecule has 7 nitrogen and oxygen atoms in total. The van der Waals surface area contributed by atoms with Gasteiger partial charge in [-0.2, -0.15) is 0 Å². The molecule has 0 aliphatic carbocycles. The van der Waals surface area contributed by atoms with Gasteiger partial charge in [0, 0.05) is 43.7 Å². The molecule has 142 valence electrons. The van der Waals surface area contributed by atoms with E-state index in [0.717, 1.165) is 11.4 Å². The van der Waals surface area contributed by atoms with Crippen LogP contribution in [0, 0.1) is 5.92 Å². The monoisotopic (exact) mass is 367 g/mol. The van der Waals surface area contributed by atoms with E-state index >= 15 is 0 Å². The minimum Gasteiger partial charge on any atom is -0.369 e. The van der Waals surface area contributed by atoms with Crippen LogP contribution in [0.4, 0.5) is 14.6 Å². The first-order chi connectivity index (χ1) is 12.4. The van der Waals surface area contributed by atoms with Gasteiger partial charge in [-0.1, -0.05) is 6.07 Å². The number of carbonyl (C=O) groups excluding carboxylic acids is 2. The van der Waals surface area contributed by atoms with Crippen molar-refractivity contribution in [3.05, 3.63) is 23.9 Å². The molecule has 1 aromatic heterocycles. The first-order valence-corrected chi connectivity index (χ1v) is 8.73. The third-order valence-corrected chi connectivity index (χ3v) is 4.94. The Bertz CT molecular complexity index is 677. The number of rotatable bonds is 5. The molecular formula is C17H23F2N5O2. The quantitative estimate of drug-likeness (QED) is 0.699. The number of alkyl halides is 2. The van der Waals surface area contributed by atoms with E-state index in [1.54, 1.807) is 12.3 Å². The molecule has 26 heavy (non-hydrogen) atoms. The minimum atomic E-state index is -2.84. The van der Waals surface area contributed by atoms with E-state index < -0.39 is 30.8 Å². The van der Waals surface area contributed by atoms with Crippen LogP contribution in [0.3, 0.4) is 0 Å². The summed E-state index contributed by atoms with van der Waals surface area (Å²) in [6, 6.07) is 2.74. The Morgan fingerprint density at radius 1 is 1.38 bits per heavy atom. The van der Waals surface area contributed by atoms with E-state index in [1.807, 2.05) is 6.07 Å². The molecule has 0 spiro atoms. The third-order valence-electron chi connectivity index (χ3n) is 4.94. The molecule has 3 rings (SSSR count). The number of primary amides is 1. The molecule has 1 aromatic rings. The van der Waals surface area contributed by atoms with Crippen LogP contribution in [0.2, 0.25) is 0 Å². The van der Waals surface area contributed by atoms with Gasteiger partial charge >= 0.3 is 0 Å². The second-order valence-electron chi connectivity index (χ2n) is 6.86. The van der Waals surface area contributed by atoms with E-state index in [1.165, 1.54) is 0 Å². The first-order valence-electron chi connectivity index (χ1n) is 8.73. The molecule has 2 amide bonds. The molecule has 0 bridgehead atoms. The number of nitrogens with zero attached hydrogens (tertiary/aromatic N) is 2. The Labute approximate surface area is 150 Å². The second-order valence-corrected chi connectivity index (χ2v) is 6.86. The van der Waals surface area contributed by atoms with Crippen LogP contribution in [-0.4, -0.2) is 48.4 Å². The summed E-state index contributed by atoms with van der Waals surface area (Å²) in [4.78, 5) is 29.9. The van der Waals surface area contributed by atoms with Gasteiger partial charge in [0.05, 0.1) is 12.6 Å². The number of hydrogen-bond acceptors (Lipinski definition) is 5. The number of nitrogens with one attached hydrogen (secondary N) is 2. The lowest BCUT2D eigenvalue weighted by Gasteiger charge is -2.32. The fourth-order valence-corrected chi connectivity index (χ4v) is 3.44. The molecule has 3 heterocycles. The largest absolute Gasteiger partial charge is 0.369 e. The maximum atomic E-state index is 13.2. The fourth-order valence-electron chi connectivity index (χ4n) is 3.44. The predicted molar refractivity (Wildman–Crippen MR) is 91.6 cm³/mol. The lowest BCUT2D eigenvalue weighted by Crippen LogP contribution is -2.41. The van der Waals surface area contributed by atoms with Gasteiger partial charge in [-0.05, 0) is 18.9 Å². The summed E-state index contributed by atoms with van der Waals surface area (Å²) in [5.74, 6) is -2.94. The summed E-state index contributed by atoms with van der Waals surface area (Å²) in [5.41, 5.74) is 6.17. The average Bonchev–Trinajstić information content (AvgIpc) is 3.00. The topological polar surface area (TPSA) is 100 Å². The molecule has 2 aliphatic rings. The smallest absolute Gasteiger partial charge is 0.262 e. The summed E-state index contributed by atoms with van der Waals surface area (Å²) in [6.45, 7) is 1.05. The van der Waals surface area contributed by atoms with Crippen LogP contribution in [0.25, 0.3) is 0 Å². The SMILES string of the molecule is NC(=O)C1CCN(c2ncccc2CNC(=O)C2CC(F)(F)CN2)CC1. The predicted octanol–water partition coefficient (Wildman–Crippen LogP) is 0.397. The molecule has 1 unspecified atom stereocenters. The Morgan fingerprint density at radius 3 is 2.73 bits per heavy atom. The van der Waals surface area contributed by atoms with Gasteiger partial charge in [-0.15, -0.1) is 0 Å². The molecule has 2 fully saturated rings. The second kappa shape index (κ2) is 7.53. The number of halogens is 2. The van der Waals surface area contributed by atoms with Gasteiger partial charge in [0.2, 0.25) is 11.8 Å². The van der Waals surface area contributed by atoms with Crippen LogP contribution >= 0.6 is 0 Å². The average molecular weight is 367 g/mol. The van der Waals surface area contributed by atoms with Gasteiger partial charge in [-0.3, -0.25) is 14.9 Å². The zero-order valence-electron chi connectivity index (χ0n) is 14.4. The highest BCUT2D eigenvalue weighted by atomic mass is 19.3. The maximum absolute atomic E-state index is 13.2. The number of anilines is 1. The lowest BCUT2D eigenvalue weighted by molar-refractivity contribution is -0.124. The van der Waals surface area contributed by atoms with Crippen LogP contribution in [0.1, 0.15) is 24.8 Å². The van der Waals surface area contributed by atoms with Crippen molar-refractivity contribution in [2.24, 2.45) is 11.7 Å². The van der Waals surface area contributed by atoms with E-state index in [-0.39, 0.29) is 18.4 Å². The molecule has 2 saturated heterocycles. The zero-order valence-corrected chi connectivity index (χ0v) is 14.4. The van der Waals surface area contributed by atoms with Crippen molar-refractivity contribution in [2.45, 2.75) is 37.8 Å². The Balaban J connectivity index is 1.59. The van der Waals surface area contributed by atoms with Crippen molar-refractivity contribution in [1.29, 1.82) is 0 Å². The number of nitrogens with two attached hydrogens (primary N) is 1. The highest BCUT2D eigenvalue weighted by Crippen LogP contribution is 2.26. The highest BCUT2D eigenvalue weighted by molar-refractivity contribution is 5.82. The number of piperidine rings is 1. The summed E-state index contributed by atoms with van der Waals surface area (Å²) in [7, 11) is 0. The fraction of sp³-hybridized carbons (Fsp3) is 0.588. The Kier molecular flexibility index (Phi) is 5.36. The van der Waals surface area contributed by atoms with Crippen molar-refractivity contribution in [3.8, 4) is 0 Å². The number of amides is 2. The summed E-state index contributed by atoms with van der Waals surface area (Å²) < 4.78 is 26.4. The molecule has 1 atom stereocenters. The van der Waals surface area contributed by atoms with E-state index in [9.17, 15) is 18.4 Å².